The number of fused-ring (bicyclic) bond motifs is 1. The summed E-state index contributed by atoms with van der Waals surface area (Å²) in [6, 6.07) is 7.85. The van der Waals surface area contributed by atoms with E-state index >= 15 is 0 Å². The summed E-state index contributed by atoms with van der Waals surface area (Å²) in [6.45, 7) is 0.853. The molecule has 0 aliphatic carbocycles. The zero-order chi connectivity index (χ0) is 21.5. The minimum Gasteiger partial charge on any atom is -0.506 e. The van der Waals surface area contributed by atoms with E-state index in [0.717, 1.165) is 12.8 Å². The maximum atomic E-state index is 12.8. The second kappa shape index (κ2) is 7.65. The lowest BCUT2D eigenvalue weighted by Crippen LogP contribution is -2.28. The van der Waals surface area contributed by atoms with Crippen molar-refractivity contribution in [3.8, 4) is 5.75 Å². The van der Waals surface area contributed by atoms with E-state index < -0.39 is 28.2 Å². The lowest BCUT2D eigenvalue weighted by Gasteiger charge is -2.16. The number of aromatic amines is 1. The van der Waals surface area contributed by atoms with Gasteiger partial charge < -0.3 is 15.4 Å². The number of benzene rings is 2. The van der Waals surface area contributed by atoms with Crippen molar-refractivity contribution in [2.75, 3.05) is 18.4 Å². The van der Waals surface area contributed by atoms with E-state index in [-0.39, 0.29) is 32.9 Å². The van der Waals surface area contributed by atoms with Crippen LogP contribution in [0.25, 0.3) is 11.0 Å². The molecule has 0 radical (unpaired) electrons. The van der Waals surface area contributed by atoms with Crippen LogP contribution in [0.1, 0.15) is 35.4 Å². The number of carbonyl (C=O) groups is 1. The van der Waals surface area contributed by atoms with E-state index in [0.29, 0.717) is 13.1 Å². The van der Waals surface area contributed by atoms with Crippen molar-refractivity contribution in [2.45, 2.75) is 24.2 Å². The number of aromatic nitrogens is 2. The maximum absolute atomic E-state index is 12.8. The van der Waals surface area contributed by atoms with Gasteiger partial charge in [-0.05, 0) is 49.2 Å². The highest BCUT2D eigenvalue weighted by molar-refractivity contribution is 7.89. The fourth-order valence-electron chi connectivity index (χ4n) is 3.32. The Bertz CT molecular complexity index is 1220. The smallest absolute Gasteiger partial charge is 0.295 e. The molecule has 1 aromatic heterocycles. The van der Waals surface area contributed by atoms with E-state index in [4.69, 9.17) is 0 Å². The number of alkyl halides is 2. The summed E-state index contributed by atoms with van der Waals surface area (Å²) < 4.78 is 52.4. The minimum atomic E-state index is -3.73. The number of hydrogen-bond acceptors (Lipinski definition) is 5. The molecular formula is C19H18F2N4O4S. The van der Waals surface area contributed by atoms with Crippen molar-refractivity contribution in [2.24, 2.45) is 0 Å². The number of amides is 1. The molecule has 1 fully saturated rings. The lowest BCUT2D eigenvalue weighted by atomic mass is 10.2. The van der Waals surface area contributed by atoms with Crippen LogP contribution < -0.4 is 5.32 Å². The number of carbonyl (C=O) groups excluding carboxylic acids is 1. The van der Waals surface area contributed by atoms with Gasteiger partial charge in [-0.1, -0.05) is 0 Å². The number of aromatic hydroxyl groups is 1. The normalized spacial score (nSPS) is 15.2. The Balaban J connectivity index is 1.60. The van der Waals surface area contributed by atoms with Crippen molar-refractivity contribution >= 4 is 32.7 Å². The summed E-state index contributed by atoms with van der Waals surface area (Å²) >= 11 is 0. The molecule has 158 valence electrons. The van der Waals surface area contributed by atoms with E-state index in [1.165, 1.54) is 40.7 Å². The number of halogens is 2. The third-order valence-corrected chi connectivity index (χ3v) is 6.78. The van der Waals surface area contributed by atoms with Crippen molar-refractivity contribution < 1.29 is 27.1 Å². The highest BCUT2D eigenvalue weighted by Crippen LogP contribution is 2.30. The summed E-state index contributed by atoms with van der Waals surface area (Å²) in [7, 11) is -3.73. The van der Waals surface area contributed by atoms with Gasteiger partial charge in [0.05, 0.1) is 21.6 Å². The Morgan fingerprint density at radius 3 is 2.60 bits per heavy atom. The number of hydrogen-bond donors (Lipinski definition) is 3. The maximum Gasteiger partial charge on any atom is 0.295 e. The van der Waals surface area contributed by atoms with Gasteiger partial charge in [-0.25, -0.2) is 22.2 Å². The molecule has 1 aliphatic rings. The highest BCUT2D eigenvalue weighted by atomic mass is 32.2. The SMILES string of the molecule is O=C(Nc1cc(S(=O)(=O)N2CCCC2)ccc1O)c1ccc2nc(C(F)F)[nH]c2c1. The summed E-state index contributed by atoms with van der Waals surface area (Å²) in [5.41, 5.74) is 0.591. The van der Waals surface area contributed by atoms with Crippen molar-refractivity contribution in [1.82, 2.24) is 14.3 Å². The number of anilines is 1. The second-order valence-electron chi connectivity index (χ2n) is 6.90. The van der Waals surface area contributed by atoms with Crippen LogP contribution >= 0.6 is 0 Å². The van der Waals surface area contributed by atoms with Gasteiger partial charge in [-0.2, -0.15) is 4.31 Å². The molecule has 0 unspecified atom stereocenters. The van der Waals surface area contributed by atoms with E-state index in [9.17, 15) is 27.1 Å². The van der Waals surface area contributed by atoms with Crippen LogP contribution in [0.2, 0.25) is 0 Å². The largest absolute Gasteiger partial charge is 0.506 e. The Hall–Kier alpha value is -3.05. The van der Waals surface area contributed by atoms with Gasteiger partial charge in [0.25, 0.3) is 12.3 Å². The molecule has 0 spiro atoms. The van der Waals surface area contributed by atoms with Gasteiger partial charge in [0.15, 0.2) is 5.82 Å². The molecule has 2 aromatic carbocycles. The first-order valence-electron chi connectivity index (χ1n) is 9.18. The first kappa shape index (κ1) is 20.2. The Morgan fingerprint density at radius 2 is 1.90 bits per heavy atom. The van der Waals surface area contributed by atoms with Gasteiger partial charge in [-0.15, -0.1) is 0 Å². The summed E-state index contributed by atoms with van der Waals surface area (Å²) in [5.74, 6) is -1.44. The van der Waals surface area contributed by atoms with Gasteiger partial charge >= 0.3 is 0 Å². The van der Waals surface area contributed by atoms with Crippen LogP contribution in [0.4, 0.5) is 14.5 Å². The molecule has 3 aromatic rings. The molecule has 30 heavy (non-hydrogen) atoms. The Labute approximate surface area is 170 Å². The van der Waals surface area contributed by atoms with Gasteiger partial charge in [0.2, 0.25) is 10.0 Å². The average Bonchev–Trinajstić information content (AvgIpc) is 3.39. The van der Waals surface area contributed by atoms with Crippen molar-refractivity contribution in [1.29, 1.82) is 0 Å². The number of H-pyrrole nitrogens is 1. The molecule has 3 N–H and O–H groups in total. The Morgan fingerprint density at radius 1 is 1.17 bits per heavy atom. The number of nitrogens with zero attached hydrogens (tertiary/aromatic N) is 2. The third-order valence-electron chi connectivity index (χ3n) is 4.89. The highest BCUT2D eigenvalue weighted by Gasteiger charge is 2.28. The molecule has 1 aliphatic heterocycles. The van der Waals surface area contributed by atoms with Crippen LogP contribution in [0.15, 0.2) is 41.3 Å². The fourth-order valence-corrected chi connectivity index (χ4v) is 4.87. The fraction of sp³-hybridized carbons (Fsp3) is 0.263. The molecule has 1 saturated heterocycles. The predicted molar refractivity (Wildman–Crippen MR) is 105 cm³/mol. The quantitative estimate of drug-likeness (QED) is 0.531. The number of phenolic OH excluding ortho intramolecular Hbond substituents is 1. The number of sulfonamides is 1. The molecule has 8 nitrogen and oxygen atoms in total. The number of rotatable bonds is 5. The van der Waals surface area contributed by atoms with E-state index in [1.54, 1.807) is 0 Å². The van der Waals surface area contributed by atoms with Gasteiger partial charge in [0, 0.05) is 18.7 Å². The van der Waals surface area contributed by atoms with E-state index in [1.807, 2.05) is 0 Å². The van der Waals surface area contributed by atoms with Crippen LogP contribution in [0.5, 0.6) is 5.75 Å². The van der Waals surface area contributed by atoms with Crippen LogP contribution in [-0.4, -0.2) is 46.8 Å². The zero-order valence-electron chi connectivity index (χ0n) is 15.6. The number of nitrogens with one attached hydrogen (secondary N) is 2. The standard InChI is InChI=1S/C19H18F2N4O4S/c20-17(21)18-22-13-5-3-11(9-14(13)23-18)19(27)24-15-10-12(4-6-16(15)26)30(28,29)25-7-1-2-8-25/h3-6,9-10,17,26H,1-2,7-8H2,(H,22,23)(H,24,27). The van der Waals surface area contributed by atoms with Gasteiger partial charge in [0.1, 0.15) is 5.75 Å². The first-order valence-corrected chi connectivity index (χ1v) is 10.6. The lowest BCUT2D eigenvalue weighted by molar-refractivity contribution is 0.102. The molecule has 4 rings (SSSR count). The third kappa shape index (κ3) is 3.73. The first-order chi connectivity index (χ1) is 14.3. The zero-order valence-corrected chi connectivity index (χ0v) is 16.4. The topological polar surface area (TPSA) is 115 Å². The number of phenols is 1. The average molecular weight is 436 g/mol. The monoisotopic (exact) mass is 436 g/mol. The molecule has 1 amide bonds. The van der Waals surface area contributed by atoms with Crippen molar-refractivity contribution in [3.05, 3.63) is 47.8 Å². The predicted octanol–water partition coefficient (Wildman–Crippen LogP) is 3.24. The molecule has 0 bridgehead atoms. The minimum absolute atomic E-state index is 0.0388. The molecule has 11 heteroatoms. The van der Waals surface area contributed by atoms with Crippen LogP contribution in [0.3, 0.4) is 0 Å². The van der Waals surface area contributed by atoms with Crippen LogP contribution in [0, 0.1) is 0 Å². The Kier molecular flexibility index (Phi) is 5.16. The second-order valence-corrected chi connectivity index (χ2v) is 8.84. The van der Waals surface area contributed by atoms with Crippen molar-refractivity contribution in [3.63, 3.8) is 0 Å². The summed E-state index contributed by atoms with van der Waals surface area (Å²) in [5, 5.41) is 12.5. The van der Waals surface area contributed by atoms with Gasteiger partial charge in [-0.3, -0.25) is 4.79 Å². The summed E-state index contributed by atoms with van der Waals surface area (Å²) in [4.78, 5) is 18.8. The molecule has 0 saturated carbocycles. The molecule has 0 atom stereocenters. The molecule has 2 heterocycles. The number of imidazole rings is 1. The molecular weight excluding hydrogens is 418 g/mol. The summed E-state index contributed by atoms with van der Waals surface area (Å²) in [6.07, 6.45) is -1.21. The van der Waals surface area contributed by atoms with E-state index in [2.05, 4.69) is 15.3 Å². The van der Waals surface area contributed by atoms with Crippen LogP contribution in [-0.2, 0) is 10.0 Å².